The number of rotatable bonds is 2. The van der Waals surface area contributed by atoms with E-state index in [1.165, 1.54) is 31.3 Å². The van der Waals surface area contributed by atoms with E-state index in [4.69, 9.17) is 5.73 Å². The molecular weight excluding hydrogens is 406 g/mol. The lowest BCUT2D eigenvalue weighted by molar-refractivity contribution is -0.246. The molecule has 0 heterocycles. The average molecular weight is 456 g/mol. The van der Waals surface area contributed by atoms with E-state index in [1.54, 1.807) is 0 Å². The first kappa shape index (κ1) is 23.9. The monoisotopic (exact) mass is 455 g/mol. The number of hydrogen-bond acceptors (Lipinski definition) is 2. The number of aliphatic hydroxyl groups excluding tert-OH is 1. The number of nitrogens with two attached hydrogens (primary N) is 1. The summed E-state index contributed by atoms with van der Waals surface area (Å²) >= 11 is 0. The van der Waals surface area contributed by atoms with Gasteiger partial charge in [-0.1, -0.05) is 46.8 Å². The van der Waals surface area contributed by atoms with Gasteiger partial charge >= 0.3 is 0 Å². The Hall–Kier alpha value is -0.830. The van der Waals surface area contributed by atoms with Crippen LogP contribution in [0.2, 0.25) is 0 Å². The Morgan fingerprint density at radius 2 is 1.55 bits per heavy atom. The molecule has 0 aromatic heterocycles. The van der Waals surface area contributed by atoms with Crippen molar-refractivity contribution < 1.29 is 9.90 Å². The smallest absolute Gasteiger partial charge is 0.223 e. The fourth-order valence-corrected chi connectivity index (χ4v) is 11.6. The normalized spacial score (nSPS) is 55.0. The Kier molecular flexibility index (Phi) is 5.15. The van der Waals surface area contributed by atoms with Crippen LogP contribution < -0.4 is 5.73 Å². The predicted octanol–water partition coefficient (Wildman–Crippen LogP) is 6.49. The minimum atomic E-state index is -0.310. The van der Waals surface area contributed by atoms with Gasteiger partial charge in [-0.2, -0.15) is 0 Å². The van der Waals surface area contributed by atoms with Crippen LogP contribution in [-0.2, 0) is 4.79 Å². The number of amides is 1. The molecule has 5 aliphatic carbocycles. The number of fused-ring (bicyclic) bond motifs is 7. The summed E-state index contributed by atoms with van der Waals surface area (Å²) in [7, 11) is 0. The van der Waals surface area contributed by atoms with Crippen LogP contribution >= 0.6 is 0 Å². The second-order valence-electron chi connectivity index (χ2n) is 14.6. The molecule has 0 bridgehead atoms. The van der Waals surface area contributed by atoms with Gasteiger partial charge in [0.1, 0.15) is 0 Å². The molecule has 0 spiro atoms. The van der Waals surface area contributed by atoms with Crippen molar-refractivity contribution in [1.82, 2.24) is 0 Å². The maximum absolute atomic E-state index is 13.0. The summed E-state index contributed by atoms with van der Waals surface area (Å²) in [4.78, 5) is 13.0. The Morgan fingerprint density at radius 3 is 2.18 bits per heavy atom. The lowest BCUT2D eigenvalue weighted by Gasteiger charge is -2.72. The first-order chi connectivity index (χ1) is 15.3. The topological polar surface area (TPSA) is 63.3 Å². The second-order valence-corrected chi connectivity index (χ2v) is 14.6. The second kappa shape index (κ2) is 7.11. The molecule has 10 unspecified atom stereocenters. The third-order valence-electron chi connectivity index (χ3n) is 13.5. The largest absolute Gasteiger partial charge is 0.393 e. The summed E-state index contributed by atoms with van der Waals surface area (Å²) in [5.74, 6) is 2.63. The van der Waals surface area contributed by atoms with Crippen molar-refractivity contribution in [3.05, 3.63) is 12.2 Å². The molecule has 5 aliphatic rings. The molecule has 10 atom stereocenters. The molecular formula is C30H49NO2. The number of aliphatic hydroxyl groups is 1. The Labute approximate surface area is 202 Å². The number of hydrogen-bond donors (Lipinski definition) is 2. The molecule has 186 valence electrons. The SMILES string of the molecule is C=C(C)C1CCC2(C(N)=O)CCC3(C)C(CCC4C5(C)CCC(O)C(C)(C)C5CCC43C)C12. The zero-order valence-corrected chi connectivity index (χ0v) is 22.2. The van der Waals surface area contributed by atoms with Crippen LogP contribution in [0.15, 0.2) is 12.2 Å². The summed E-state index contributed by atoms with van der Waals surface area (Å²) in [6.45, 7) is 19.0. The van der Waals surface area contributed by atoms with Crippen molar-refractivity contribution in [2.75, 3.05) is 0 Å². The van der Waals surface area contributed by atoms with Gasteiger partial charge in [0.15, 0.2) is 0 Å². The fourth-order valence-electron chi connectivity index (χ4n) is 11.6. The van der Waals surface area contributed by atoms with Gasteiger partial charge in [0.2, 0.25) is 5.91 Å². The molecule has 5 rings (SSSR count). The molecule has 3 N–H and O–H groups in total. The van der Waals surface area contributed by atoms with E-state index in [1.807, 2.05) is 0 Å². The summed E-state index contributed by atoms with van der Waals surface area (Å²) in [6.07, 6.45) is 11.1. The van der Waals surface area contributed by atoms with Gasteiger partial charge in [0.25, 0.3) is 0 Å². The van der Waals surface area contributed by atoms with Crippen molar-refractivity contribution in [3.63, 3.8) is 0 Å². The van der Waals surface area contributed by atoms with Crippen LogP contribution in [-0.4, -0.2) is 17.1 Å². The molecule has 3 heteroatoms. The minimum absolute atomic E-state index is 0.00370. The van der Waals surface area contributed by atoms with Gasteiger partial charge in [0.05, 0.1) is 11.5 Å². The van der Waals surface area contributed by atoms with Gasteiger partial charge in [0, 0.05) is 0 Å². The van der Waals surface area contributed by atoms with E-state index >= 15 is 0 Å². The van der Waals surface area contributed by atoms with Crippen LogP contribution in [0.25, 0.3) is 0 Å². The first-order valence-electron chi connectivity index (χ1n) is 13.9. The minimum Gasteiger partial charge on any atom is -0.393 e. The molecule has 0 aromatic carbocycles. The van der Waals surface area contributed by atoms with E-state index in [-0.39, 0.29) is 33.7 Å². The van der Waals surface area contributed by atoms with Gasteiger partial charge in [-0.3, -0.25) is 4.79 Å². The maximum atomic E-state index is 13.0. The highest BCUT2D eigenvalue weighted by Crippen LogP contribution is 2.77. The quantitative estimate of drug-likeness (QED) is 0.467. The molecule has 33 heavy (non-hydrogen) atoms. The van der Waals surface area contributed by atoms with E-state index < -0.39 is 0 Å². The zero-order chi connectivity index (χ0) is 24.2. The van der Waals surface area contributed by atoms with Gasteiger partial charge in [-0.15, -0.1) is 0 Å². The van der Waals surface area contributed by atoms with E-state index in [0.717, 1.165) is 38.5 Å². The highest BCUT2D eigenvalue weighted by molar-refractivity contribution is 5.82. The van der Waals surface area contributed by atoms with Crippen molar-refractivity contribution in [1.29, 1.82) is 0 Å². The maximum Gasteiger partial charge on any atom is 0.223 e. The van der Waals surface area contributed by atoms with Crippen LogP contribution in [0.4, 0.5) is 0 Å². The standard InChI is InChI=1S/C30H49NO2/c1-18(2)19-10-15-30(25(31)33)17-16-28(6)20(24(19)30)8-9-22-27(5)13-12-23(32)26(3,4)21(27)11-14-29(22,28)7/h19-24,32H,1,8-17H2,2-7H3,(H2,31,33). The third kappa shape index (κ3) is 2.75. The Morgan fingerprint density at radius 1 is 0.848 bits per heavy atom. The van der Waals surface area contributed by atoms with Gasteiger partial charge in [-0.25, -0.2) is 0 Å². The van der Waals surface area contributed by atoms with E-state index in [2.05, 4.69) is 48.1 Å². The van der Waals surface area contributed by atoms with Crippen molar-refractivity contribution >= 4 is 5.91 Å². The van der Waals surface area contributed by atoms with Crippen LogP contribution in [0, 0.1) is 56.7 Å². The molecule has 5 fully saturated rings. The van der Waals surface area contributed by atoms with Gasteiger partial charge < -0.3 is 10.8 Å². The molecule has 5 saturated carbocycles. The summed E-state index contributed by atoms with van der Waals surface area (Å²) in [6, 6.07) is 0. The van der Waals surface area contributed by atoms with E-state index in [0.29, 0.717) is 35.0 Å². The van der Waals surface area contributed by atoms with Crippen molar-refractivity contribution in [3.8, 4) is 0 Å². The number of carbonyl (C=O) groups excluding carboxylic acids is 1. The number of primary amides is 1. The predicted molar refractivity (Wildman–Crippen MR) is 134 cm³/mol. The highest BCUT2D eigenvalue weighted by Gasteiger charge is 2.71. The lowest BCUT2D eigenvalue weighted by atomic mass is 9.32. The zero-order valence-electron chi connectivity index (χ0n) is 22.2. The summed E-state index contributed by atoms with van der Waals surface area (Å²) in [5, 5.41) is 10.9. The average Bonchev–Trinajstić information content (AvgIpc) is 3.13. The van der Waals surface area contributed by atoms with Crippen LogP contribution in [0.5, 0.6) is 0 Å². The van der Waals surface area contributed by atoms with Crippen molar-refractivity contribution in [2.24, 2.45) is 62.4 Å². The molecule has 0 aromatic rings. The van der Waals surface area contributed by atoms with Crippen molar-refractivity contribution in [2.45, 2.75) is 112 Å². The summed E-state index contributed by atoms with van der Waals surface area (Å²) < 4.78 is 0. The molecule has 0 radical (unpaired) electrons. The molecule has 3 nitrogen and oxygen atoms in total. The third-order valence-corrected chi connectivity index (χ3v) is 13.5. The number of allylic oxidation sites excluding steroid dienone is 1. The fraction of sp³-hybridized carbons (Fsp3) is 0.900. The molecule has 0 saturated heterocycles. The summed E-state index contributed by atoms with van der Waals surface area (Å²) in [5.41, 5.74) is 7.96. The first-order valence-corrected chi connectivity index (χ1v) is 13.9. The Bertz CT molecular complexity index is 863. The van der Waals surface area contributed by atoms with Crippen LogP contribution in [0.3, 0.4) is 0 Å². The Balaban J connectivity index is 1.57. The molecule has 1 amide bonds. The molecule has 0 aliphatic heterocycles. The number of carbonyl (C=O) groups is 1. The van der Waals surface area contributed by atoms with Crippen LogP contribution in [0.1, 0.15) is 106 Å². The highest BCUT2D eigenvalue weighted by atomic mass is 16.3. The van der Waals surface area contributed by atoms with Gasteiger partial charge in [-0.05, 0) is 122 Å². The van der Waals surface area contributed by atoms with E-state index in [9.17, 15) is 9.90 Å². The lowest BCUT2D eigenvalue weighted by Crippen LogP contribution is -2.67.